The van der Waals surface area contributed by atoms with Crippen LogP contribution in [-0.2, 0) is 11.8 Å². The number of nitrogen functional groups attached to an aromatic ring is 1. The van der Waals surface area contributed by atoms with Crippen LogP contribution >= 0.6 is 0 Å². The number of hydrogen-bond acceptors (Lipinski definition) is 5. The maximum Gasteiger partial charge on any atom is 0.410 e. The third-order valence-electron chi connectivity index (χ3n) is 4.35. The van der Waals surface area contributed by atoms with Gasteiger partial charge in [-0.25, -0.2) is 4.79 Å². The highest BCUT2D eigenvalue weighted by molar-refractivity contribution is 5.79. The van der Waals surface area contributed by atoms with Crippen LogP contribution in [-0.4, -0.2) is 52.6 Å². The van der Waals surface area contributed by atoms with Crippen LogP contribution in [0.2, 0.25) is 0 Å². The first-order valence-corrected chi connectivity index (χ1v) is 8.84. The Bertz CT molecular complexity index is 785. The van der Waals surface area contributed by atoms with Gasteiger partial charge in [-0.2, -0.15) is 5.10 Å². The molecule has 2 aromatic rings. The molecular formula is C19H27N5O2. The van der Waals surface area contributed by atoms with Gasteiger partial charge in [-0.1, -0.05) is 0 Å². The second kappa shape index (κ2) is 6.90. The average molecular weight is 357 g/mol. The zero-order chi connectivity index (χ0) is 18.9. The molecule has 0 atom stereocenters. The summed E-state index contributed by atoms with van der Waals surface area (Å²) in [4.78, 5) is 16.2. The van der Waals surface area contributed by atoms with Crippen molar-refractivity contribution in [1.82, 2.24) is 14.7 Å². The molecule has 3 rings (SSSR count). The number of aryl methyl sites for hydroxylation is 1. The fourth-order valence-electron chi connectivity index (χ4n) is 3.02. The van der Waals surface area contributed by atoms with E-state index < -0.39 is 5.60 Å². The minimum Gasteiger partial charge on any atom is -0.444 e. The van der Waals surface area contributed by atoms with Gasteiger partial charge in [0.1, 0.15) is 5.60 Å². The van der Waals surface area contributed by atoms with Gasteiger partial charge in [0.25, 0.3) is 0 Å². The molecule has 1 aromatic carbocycles. The Hall–Kier alpha value is -2.70. The normalized spacial score (nSPS) is 15.2. The molecule has 1 aliphatic rings. The number of hydrogen-bond donors (Lipinski definition) is 1. The molecule has 2 heterocycles. The molecule has 1 aromatic heterocycles. The fourth-order valence-corrected chi connectivity index (χ4v) is 3.02. The summed E-state index contributed by atoms with van der Waals surface area (Å²) in [5.74, 6) is 0. The fraction of sp³-hybridized carbons (Fsp3) is 0.474. The summed E-state index contributed by atoms with van der Waals surface area (Å²) in [5.41, 5.74) is 9.49. The lowest BCUT2D eigenvalue weighted by atomic mass is 10.1. The molecule has 1 fully saturated rings. The van der Waals surface area contributed by atoms with Crippen LogP contribution in [0.4, 0.5) is 16.2 Å². The van der Waals surface area contributed by atoms with E-state index in [4.69, 9.17) is 10.5 Å². The van der Waals surface area contributed by atoms with Crippen LogP contribution in [0.25, 0.3) is 11.1 Å². The molecule has 1 amide bonds. The van der Waals surface area contributed by atoms with Crippen LogP contribution in [0.15, 0.2) is 30.6 Å². The third kappa shape index (κ3) is 4.09. The zero-order valence-electron chi connectivity index (χ0n) is 15.9. The van der Waals surface area contributed by atoms with Gasteiger partial charge in [0, 0.05) is 61.9 Å². The number of benzene rings is 1. The summed E-state index contributed by atoms with van der Waals surface area (Å²) in [6.07, 6.45) is 3.52. The molecule has 1 saturated heterocycles. The van der Waals surface area contributed by atoms with Crippen molar-refractivity contribution in [3.8, 4) is 11.1 Å². The minimum absolute atomic E-state index is 0.245. The number of anilines is 2. The summed E-state index contributed by atoms with van der Waals surface area (Å²) >= 11 is 0. The average Bonchev–Trinajstić information content (AvgIpc) is 3.00. The Morgan fingerprint density at radius 3 is 2.46 bits per heavy atom. The number of carbonyl (C=O) groups excluding carboxylic acids is 1. The van der Waals surface area contributed by atoms with Crippen molar-refractivity contribution in [3.05, 3.63) is 30.6 Å². The quantitative estimate of drug-likeness (QED) is 0.836. The molecule has 0 unspecified atom stereocenters. The number of piperazine rings is 1. The van der Waals surface area contributed by atoms with E-state index in [9.17, 15) is 4.79 Å². The molecule has 0 bridgehead atoms. The van der Waals surface area contributed by atoms with E-state index in [1.54, 1.807) is 9.58 Å². The highest BCUT2D eigenvalue weighted by Crippen LogP contribution is 2.30. The van der Waals surface area contributed by atoms with Crippen LogP contribution in [0.5, 0.6) is 0 Å². The summed E-state index contributed by atoms with van der Waals surface area (Å²) in [7, 11) is 1.89. The van der Waals surface area contributed by atoms with Crippen LogP contribution < -0.4 is 10.6 Å². The number of aromatic nitrogens is 2. The van der Waals surface area contributed by atoms with Crippen molar-refractivity contribution >= 4 is 17.5 Å². The van der Waals surface area contributed by atoms with Crippen LogP contribution in [0, 0.1) is 0 Å². The lowest BCUT2D eigenvalue weighted by molar-refractivity contribution is 0.0240. The highest BCUT2D eigenvalue weighted by atomic mass is 16.6. The standard InChI is InChI=1S/C19H27N5O2/c1-19(2,3)26-18(25)24-9-7-23(8-10-24)15-5-6-17(20)16(11-15)14-12-21-22(4)13-14/h5-6,11-13H,7-10,20H2,1-4H3. The second-order valence-electron chi connectivity index (χ2n) is 7.63. The van der Waals surface area contributed by atoms with E-state index in [1.807, 2.05) is 52.3 Å². The number of amides is 1. The van der Waals surface area contributed by atoms with Crippen LogP contribution in [0.3, 0.4) is 0 Å². The Balaban J connectivity index is 1.69. The predicted octanol–water partition coefficient (Wildman–Crippen LogP) is 2.73. The maximum atomic E-state index is 12.2. The minimum atomic E-state index is -0.468. The number of carbonyl (C=O) groups is 1. The number of nitrogens with zero attached hydrogens (tertiary/aromatic N) is 4. The first-order valence-electron chi connectivity index (χ1n) is 8.84. The molecule has 0 radical (unpaired) electrons. The molecule has 0 spiro atoms. The molecule has 7 nitrogen and oxygen atoms in total. The van der Waals surface area contributed by atoms with E-state index in [0.29, 0.717) is 13.1 Å². The maximum absolute atomic E-state index is 12.2. The number of nitrogens with two attached hydrogens (primary N) is 1. The van der Waals surface area contributed by atoms with Crippen molar-refractivity contribution < 1.29 is 9.53 Å². The Morgan fingerprint density at radius 1 is 1.19 bits per heavy atom. The number of ether oxygens (including phenoxy) is 1. The number of rotatable bonds is 2. The topological polar surface area (TPSA) is 76.6 Å². The van der Waals surface area contributed by atoms with Gasteiger partial charge in [-0.3, -0.25) is 4.68 Å². The molecule has 2 N–H and O–H groups in total. The van der Waals surface area contributed by atoms with Crippen molar-refractivity contribution in [2.24, 2.45) is 7.05 Å². The third-order valence-corrected chi connectivity index (χ3v) is 4.35. The molecule has 1 aliphatic heterocycles. The monoisotopic (exact) mass is 357 g/mol. The van der Waals surface area contributed by atoms with E-state index in [1.165, 1.54) is 0 Å². The summed E-state index contributed by atoms with van der Waals surface area (Å²) in [5, 5.41) is 4.22. The van der Waals surface area contributed by atoms with Gasteiger partial charge in [0.2, 0.25) is 0 Å². The van der Waals surface area contributed by atoms with Crippen LogP contribution in [0.1, 0.15) is 20.8 Å². The largest absolute Gasteiger partial charge is 0.444 e. The van der Waals surface area contributed by atoms with Gasteiger partial charge >= 0.3 is 6.09 Å². The molecule has 0 aliphatic carbocycles. The molecule has 0 saturated carbocycles. The van der Waals surface area contributed by atoms with Gasteiger partial charge in [-0.15, -0.1) is 0 Å². The smallest absolute Gasteiger partial charge is 0.410 e. The van der Waals surface area contributed by atoms with Crippen molar-refractivity contribution in [1.29, 1.82) is 0 Å². The van der Waals surface area contributed by atoms with Gasteiger partial charge in [0.15, 0.2) is 0 Å². The SMILES string of the molecule is Cn1cc(-c2cc(N3CCN(C(=O)OC(C)(C)C)CC3)ccc2N)cn1. The zero-order valence-corrected chi connectivity index (χ0v) is 15.9. The first kappa shape index (κ1) is 18.1. The van der Waals surface area contributed by atoms with Gasteiger partial charge in [-0.05, 0) is 39.0 Å². The highest BCUT2D eigenvalue weighted by Gasteiger charge is 2.26. The molecular weight excluding hydrogens is 330 g/mol. The Morgan fingerprint density at radius 2 is 1.88 bits per heavy atom. The molecule has 26 heavy (non-hydrogen) atoms. The van der Waals surface area contributed by atoms with Gasteiger partial charge < -0.3 is 20.3 Å². The van der Waals surface area contributed by atoms with Crippen molar-refractivity contribution in [3.63, 3.8) is 0 Å². The van der Waals surface area contributed by atoms with E-state index in [2.05, 4.69) is 16.1 Å². The molecule has 140 valence electrons. The van der Waals surface area contributed by atoms with Gasteiger partial charge in [0.05, 0.1) is 6.20 Å². The van der Waals surface area contributed by atoms with Crippen molar-refractivity contribution in [2.75, 3.05) is 36.8 Å². The Labute approximate surface area is 154 Å². The van der Waals surface area contributed by atoms with E-state index in [0.717, 1.165) is 35.6 Å². The predicted molar refractivity (Wildman–Crippen MR) is 103 cm³/mol. The lowest BCUT2D eigenvalue weighted by Crippen LogP contribution is -2.50. The Kier molecular flexibility index (Phi) is 4.80. The van der Waals surface area contributed by atoms with E-state index in [-0.39, 0.29) is 6.09 Å². The molecule has 7 heteroatoms. The first-order chi connectivity index (χ1) is 12.2. The lowest BCUT2D eigenvalue weighted by Gasteiger charge is -2.37. The van der Waals surface area contributed by atoms with Crippen molar-refractivity contribution in [2.45, 2.75) is 26.4 Å². The van der Waals surface area contributed by atoms with E-state index >= 15 is 0 Å². The summed E-state index contributed by atoms with van der Waals surface area (Å²) < 4.78 is 7.22. The summed E-state index contributed by atoms with van der Waals surface area (Å²) in [6.45, 7) is 8.45. The summed E-state index contributed by atoms with van der Waals surface area (Å²) in [6, 6.07) is 6.05. The second-order valence-corrected chi connectivity index (χ2v) is 7.63.